The number of hydrogen-bond donors (Lipinski definition) is 0. The lowest BCUT2D eigenvalue weighted by Crippen LogP contribution is -2.06. The molecule has 0 bridgehead atoms. The second kappa shape index (κ2) is 14.6. The Morgan fingerprint density at radius 1 is 1.22 bits per heavy atom. The zero-order valence-corrected chi connectivity index (χ0v) is 21.2. The second-order valence-electron chi connectivity index (χ2n) is 8.89. The molecular weight excluding hydrogens is 390 g/mol. The van der Waals surface area contributed by atoms with Crippen molar-refractivity contribution in [3.63, 3.8) is 0 Å². The summed E-state index contributed by atoms with van der Waals surface area (Å²) in [6.07, 6.45) is 18.2. The van der Waals surface area contributed by atoms with Gasteiger partial charge in [0, 0.05) is 12.8 Å². The molecule has 2 nitrogen and oxygen atoms in total. The van der Waals surface area contributed by atoms with Crippen molar-refractivity contribution in [1.29, 1.82) is 5.26 Å². The van der Waals surface area contributed by atoms with E-state index in [2.05, 4.69) is 71.1 Å². The number of allylic oxidation sites excluding steroid dienone is 6. The normalized spacial score (nSPS) is 21.2. The standard InChI is InChI=1S/C15H19NO.C15H24/c1-3-5-14(10-15(17)4-2)13-8-6-12(11-16)7-9-13;1-5-8-9-11-14(10-6-2)15(7-3)12-13(15)4/h6-9,14H,3-5,10H2,1-2H3;6,8-11,13H,5,7,12H2,1-4H3/b;9-8+,10-6-,14-11+. The number of nitriles is 1. The van der Waals surface area contributed by atoms with E-state index < -0.39 is 0 Å². The quantitative estimate of drug-likeness (QED) is 0.327. The van der Waals surface area contributed by atoms with Gasteiger partial charge in [0.15, 0.2) is 0 Å². The monoisotopic (exact) mass is 433 g/mol. The smallest absolute Gasteiger partial charge is 0.133 e. The van der Waals surface area contributed by atoms with Gasteiger partial charge in [-0.1, -0.05) is 83.6 Å². The molecule has 1 aromatic rings. The summed E-state index contributed by atoms with van der Waals surface area (Å²) in [6, 6.07) is 9.71. The van der Waals surface area contributed by atoms with Crippen LogP contribution in [0.4, 0.5) is 0 Å². The number of rotatable bonds is 11. The van der Waals surface area contributed by atoms with Crippen LogP contribution in [0, 0.1) is 22.7 Å². The molecule has 0 radical (unpaired) electrons. The highest BCUT2D eigenvalue weighted by atomic mass is 16.1. The molecule has 2 rings (SSSR count). The Labute approximate surface area is 197 Å². The van der Waals surface area contributed by atoms with E-state index in [0.717, 1.165) is 25.2 Å². The molecule has 0 aliphatic heterocycles. The molecule has 0 N–H and O–H groups in total. The minimum Gasteiger partial charge on any atom is -0.300 e. The van der Waals surface area contributed by atoms with Gasteiger partial charge < -0.3 is 0 Å². The van der Waals surface area contributed by atoms with Crippen molar-refractivity contribution >= 4 is 5.78 Å². The summed E-state index contributed by atoms with van der Waals surface area (Å²) in [6.45, 7) is 13.0. The number of carbonyl (C=O) groups excluding carboxylic acids is 1. The largest absolute Gasteiger partial charge is 0.300 e. The number of benzene rings is 1. The first-order chi connectivity index (χ1) is 15.4. The second-order valence-corrected chi connectivity index (χ2v) is 8.89. The Morgan fingerprint density at radius 3 is 2.31 bits per heavy atom. The summed E-state index contributed by atoms with van der Waals surface area (Å²) in [5.41, 5.74) is 3.85. The van der Waals surface area contributed by atoms with Crippen LogP contribution < -0.4 is 0 Å². The maximum atomic E-state index is 11.5. The van der Waals surface area contributed by atoms with Gasteiger partial charge in [-0.2, -0.15) is 5.26 Å². The third-order valence-corrected chi connectivity index (χ3v) is 6.67. The van der Waals surface area contributed by atoms with Crippen molar-refractivity contribution in [2.24, 2.45) is 11.3 Å². The first-order valence-electron chi connectivity index (χ1n) is 12.4. The van der Waals surface area contributed by atoms with Crippen LogP contribution in [0.5, 0.6) is 0 Å². The molecule has 1 saturated carbocycles. The molecule has 0 aromatic heterocycles. The van der Waals surface area contributed by atoms with Crippen LogP contribution in [0.15, 0.2) is 60.2 Å². The fourth-order valence-corrected chi connectivity index (χ4v) is 4.45. The minimum absolute atomic E-state index is 0.306. The molecule has 3 unspecified atom stereocenters. The van der Waals surface area contributed by atoms with Crippen LogP contribution in [0.1, 0.15) is 104 Å². The fourth-order valence-electron chi connectivity index (χ4n) is 4.45. The topological polar surface area (TPSA) is 40.9 Å². The van der Waals surface area contributed by atoms with E-state index in [4.69, 9.17) is 5.26 Å². The average Bonchev–Trinajstić information content (AvgIpc) is 3.49. The van der Waals surface area contributed by atoms with Gasteiger partial charge in [-0.3, -0.25) is 4.79 Å². The Hall–Kier alpha value is -2.40. The van der Waals surface area contributed by atoms with Crippen molar-refractivity contribution in [1.82, 2.24) is 0 Å². The highest BCUT2D eigenvalue weighted by Gasteiger charge is 2.50. The number of ketones is 1. The van der Waals surface area contributed by atoms with Gasteiger partial charge in [0.1, 0.15) is 5.78 Å². The van der Waals surface area contributed by atoms with Gasteiger partial charge in [0.2, 0.25) is 0 Å². The molecule has 2 heteroatoms. The zero-order valence-electron chi connectivity index (χ0n) is 21.2. The molecule has 32 heavy (non-hydrogen) atoms. The number of carbonyl (C=O) groups is 1. The average molecular weight is 434 g/mol. The predicted molar refractivity (Wildman–Crippen MR) is 138 cm³/mol. The summed E-state index contributed by atoms with van der Waals surface area (Å²) < 4.78 is 0. The Kier molecular flexibility index (Phi) is 12.6. The van der Waals surface area contributed by atoms with Crippen molar-refractivity contribution in [2.75, 3.05) is 0 Å². The molecule has 1 aliphatic rings. The maximum absolute atomic E-state index is 11.5. The first kappa shape index (κ1) is 27.6. The third-order valence-electron chi connectivity index (χ3n) is 6.67. The summed E-state index contributed by atoms with van der Waals surface area (Å²) >= 11 is 0. The zero-order chi connectivity index (χ0) is 24.0. The molecule has 1 aromatic carbocycles. The molecule has 0 amide bonds. The van der Waals surface area contributed by atoms with E-state index in [1.54, 1.807) is 0 Å². The Balaban J connectivity index is 0.000000323. The van der Waals surface area contributed by atoms with Gasteiger partial charge in [0.25, 0.3) is 0 Å². The highest BCUT2D eigenvalue weighted by Crippen LogP contribution is 2.60. The summed E-state index contributed by atoms with van der Waals surface area (Å²) in [5, 5.41) is 8.75. The van der Waals surface area contributed by atoms with Crippen molar-refractivity contribution in [3.05, 3.63) is 71.3 Å². The van der Waals surface area contributed by atoms with Crippen molar-refractivity contribution in [2.45, 2.75) is 92.4 Å². The van der Waals surface area contributed by atoms with Gasteiger partial charge in [-0.15, -0.1) is 0 Å². The Morgan fingerprint density at radius 2 is 1.88 bits per heavy atom. The van der Waals surface area contributed by atoms with Crippen LogP contribution in [0.2, 0.25) is 0 Å². The van der Waals surface area contributed by atoms with E-state index in [0.29, 0.717) is 35.5 Å². The SMILES string of the molecule is CCCC(CC(=O)CC)c1ccc(C#N)cc1.C\C=C/C(=C\C=C\CC)C1(CC)CC1C. The van der Waals surface area contributed by atoms with Crippen LogP contribution >= 0.6 is 0 Å². The molecule has 174 valence electrons. The van der Waals surface area contributed by atoms with Gasteiger partial charge in [0.05, 0.1) is 11.6 Å². The lowest BCUT2D eigenvalue weighted by atomic mass is 9.89. The third kappa shape index (κ3) is 8.27. The number of Topliss-reactive ketones (excluding diaryl/α,β-unsaturated/α-hetero) is 1. The molecule has 1 aliphatic carbocycles. The van der Waals surface area contributed by atoms with Gasteiger partial charge in [-0.25, -0.2) is 0 Å². The molecule has 0 heterocycles. The maximum Gasteiger partial charge on any atom is 0.133 e. The van der Waals surface area contributed by atoms with Gasteiger partial charge in [-0.05, 0) is 73.1 Å². The van der Waals surface area contributed by atoms with Crippen molar-refractivity contribution < 1.29 is 4.79 Å². The number of nitrogens with zero attached hydrogens (tertiary/aromatic N) is 1. The predicted octanol–water partition coefficient (Wildman–Crippen LogP) is 8.70. The molecule has 1 fully saturated rings. The van der Waals surface area contributed by atoms with E-state index >= 15 is 0 Å². The Bertz CT molecular complexity index is 817. The lowest BCUT2D eigenvalue weighted by molar-refractivity contribution is -0.119. The molecule has 0 saturated heterocycles. The van der Waals surface area contributed by atoms with Crippen molar-refractivity contribution in [3.8, 4) is 6.07 Å². The van der Waals surface area contributed by atoms with E-state index in [1.165, 1.54) is 24.0 Å². The van der Waals surface area contributed by atoms with Gasteiger partial charge >= 0.3 is 0 Å². The van der Waals surface area contributed by atoms with E-state index in [9.17, 15) is 4.79 Å². The van der Waals surface area contributed by atoms with E-state index in [1.807, 2.05) is 31.2 Å². The molecule has 3 atom stereocenters. The van der Waals surface area contributed by atoms with Crippen LogP contribution in [0.25, 0.3) is 0 Å². The molecule has 0 spiro atoms. The van der Waals surface area contributed by atoms with E-state index in [-0.39, 0.29) is 0 Å². The molecular formula is C30H43NO. The van der Waals surface area contributed by atoms with Crippen LogP contribution in [0.3, 0.4) is 0 Å². The summed E-state index contributed by atoms with van der Waals surface area (Å²) in [5.74, 6) is 1.48. The summed E-state index contributed by atoms with van der Waals surface area (Å²) in [4.78, 5) is 11.5. The lowest BCUT2D eigenvalue weighted by Gasteiger charge is -2.15. The summed E-state index contributed by atoms with van der Waals surface area (Å²) in [7, 11) is 0. The first-order valence-corrected chi connectivity index (χ1v) is 12.4. The van der Waals surface area contributed by atoms with Crippen LogP contribution in [-0.4, -0.2) is 5.78 Å². The van der Waals surface area contributed by atoms with Crippen LogP contribution in [-0.2, 0) is 4.79 Å². The number of hydrogen-bond acceptors (Lipinski definition) is 2. The minimum atomic E-state index is 0.306. The fraction of sp³-hybridized carbons (Fsp3) is 0.533. The highest BCUT2D eigenvalue weighted by molar-refractivity contribution is 5.78.